The van der Waals surface area contributed by atoms with Crippen LogP contribution in [0.2, 0.25) is 0 Å². The number of nitrogens with two attached hydrogens (primary N) is 1. The normalized spacial score (nSPS) is 34.0. The highest BCUT2D eigenvalue weighted by molar-refractivity contribution is 5.49. The molecule has 5 atom stereocenters. The minimum atomic E-state index is 0.178. The number of hydrogen-bond donors (Lipinski definition) is 2. The Labute approximate surface area is 205 Å². The first-order valence-corrected chi connectivity index (χ1v) is 13.5. The molecule has 3 aliphatic carbocycles. The summed E-state index contributed by atoms with van der Waals surface area (Å²) in [6.07, 6.45) is 17.2. The molecule has 4 aliphatic rings. The number of allylic oxidation sites excluding steroid dienone is 6. The van der Waals surface area contributed by atoms with Crippen LogP contribution in [0.25, 0.3) is 0 Å². The quantitative estimate of drug-likeness (QED) is 0.444. The molecule has 5 unspecified atom stereocenters. The molecular formula is C31H52N2. The lowest BCUT2D eigenvalue weighted by Crippen LogP contribution is -2.59. The number of fused-ring (bicyclic) bond motifs is 4. The Hall–Kier alpha value is -1.54. The predicted octanol–water partition coefficient (Wildman–Crippen LogP) is 8.10. The maximum atomic E-state index is 4.50. The second kappa shape index (κ2) is 12.2. The fourth-order valence-electron chi connectivity index (χ4n) is 6.39. The van der Waals surface area contributed by atoms with Crippen LogP contribution in [-0.2, 0) is 0 Å². The lowest BCUT2D eigenvalue weighted by molar-refractivity contribution is 0.0377. The standard InChI is InChI=1S/C26H37N.C4H10.CH5N/c1-6-17(2)15-23-18(3)11-14-24-22(23)13-12-20-16-19(4)21-9-7-8-10-25(21)27-26(20,24)5;1-4(2)3;1-2/h9-10,15,18,20,22,24,27H,2,4,6-8,11-14,16H2,1,3,5H3;4H,1-3H3;2H2,1H3/b23-15+;;. The van der Waals surface area contributed by atoms with Gasteiger partial charge < -0.3 is 11.1 Å². The lowest BCUT2D eigenvalue weighted by atomic mass is 9.54. The van der Waals surface area contributed by atoms with Crippen molar-refractivity contribution in [3.05, 3.63) is 59.4 Å². The molecule has 0 bridgehead atoms. The average molecular weight is 453 g/mol. The van der Waals surface area contributed by atoms with Gasteiger partial charge in [-0.3, -0.25) is 0 Å². The van der Waals surface area contributed by atoms with E-state index in [1.54, 1.807) is 5.57 Å². The Kier molecular flexibility index (Phi) is 10.3. The highest BCUT2D eigenvalue weighted by atomic mass is 15.0. The molecule has 4 rings (SSSR count). The molecule has 0 radical (unpaired) electrons. The van der Waals surface area contributed by atoms with Crippen LogP contribution in [0.5, 0.6) is 0 Å². The summed E-state index contributed by atoms with van der Waals surface area (Å²) in [6.45, 7) is 22.5. The summed E-state index contributed by atoms with van der Waals surface area (Å²) in [5.41, 5.74) is 11.8. The van der Waals surface area contributed by atoms with Crippen molar-refractivity contribution >= 4 is 0 Å². The maximum Gasteiger partial charge on any atom is 0.0410 e. The first-order valence-electron chi connectivity index (χ1n) is 13.5. The van der Waals surface area contributed by atoms with Gasteiger partial charge in [0.05, 0.1) is 0 Å². The third-order valence-corrected chi connectivity index (χ3v) is 8.09. The molecule has 186 valence electrons. The van der Waals surface area contributed by atoms with Crippen molar-refractivity contribution in [3.63, 3.8) is 0 Å². The fraction of sp³-hybridized carbons (Fsp3) is 0.677. The van der Waals surface area contributed by atoms with Crippen LogP contribution in [0.4, 0.5) is 0 Å². The molecule has 33 heavy (non-hydrogen) atoms. The van der Waals surface area contributed by atoms with Crippen molar-refractivity contribution in [1.82, 2.24) is 5.32 Å². The van der Waals surface area contributed by atoms with Gasteiger partial charge in [-0.25, -0.2) is 0 Å². The van der Waals surface area contributed by atoms with Crippen molar-refractivity contribution in [1.29, 1.82) is 0 Å². The Morgan fingerprint density at radius 1 is 1.15 bits per heavy atom. The van der Waals surface area contributed by atoms with E-state index in [4.69, 9.17) is 0 Å². The Morgan fingerprint density at radius 3 is 2.42 bits per heavy atom. The summed E-state index contributed by atoms with van der Waals surface area (Å²) < 4.78 is 0. The van der Waals surface area contributed by atoms with E-state index in [9.17, 15) is 0 Å². The summed E-state index contributed by atoms with van der Waals surface area (Å²) in [5, 5.41) is 4.11. The van der Waals surface area contributed by atoms with Gasteiger partial charge in [-0.2, -0.15) is 0 Å². The summed E-state index contributed by atoms with van der Waals surface area (Å²) in [7, 11) is 1.50. The molecule has 2 nitrogen and oxygen atoms in total. The summed E-state index contributed by atoms with van der Waals surface area (Å²) in [6, 6.07) is 0. The molecule has 2 heteroatoms. The van der Waals surface area contributed by atoms with Crippen molar-refractivity contribution in [2.45, 2.75) is 98.4 Å². The van der Waals surface area contributed by atoms with E-state index in [0.29, 0.717) is 17.8 Å². The molecule has 0 aromatic carbocycles. The van der Waals surface area contributed by atoms with Crippen LogP contribution in [0.15, 0.2) is 59.4 Å². The van der Waals surface area contributed by atoms with Gasteiger partial charge in [-0.1, -0.05) is 77.2 Å². The number of nitrogens with one attached hydrogen (secondary N) is 1. The van der Waals surface area contributed by atoms with Gasteiger partial charge in [0.2, 0.25) is 0 Å². The van der Waals surface area contributed by atoms with E-state index in [-0.39, 0.29) is 5.54 Å². The third-order valence-electron chi connectivity index (χ3n) is 8.09. The average Bonchev–Trinajstić information content (AvgIpc) is 2.89. The van der Waals surface area contributed by atoms with E-state index < -0.39 is 0 Å². The zero-order valence-electron chi connectivity index (χ0n) is 22.8. The largest absolute Gasteiger partial charge is 0.379 e. The van der Waals surface area contributed by atoms with E-state index >= 15 is 0 Å². The van der Waals surface area contributed by atoms with E-state index in [0.717, 1.165) is 37.5 Å². The fourth-order valence-corrected chi connectivity index (χ4v) is 6.39. The minimum absolute atomic E-state index is 0.178. The Bertz CT molecular complexity index is 778. The van der Waals surface area contributed by atoms with Crippen LogP contribution in [-0.4, -0.2) is 12.6 Å². The van der Waals surface area contributed by atoms with Gasteiger partial charge in [-0.15, -0.1) is 0 Å². The van der Waals surface area contributed by atoms with Gasteiger partial charge in [0.15, 0.2) is 0 Å². The second-order valence-electron chi connectivity index (χ2n) is 11.4. The summed E-state index contributed by atoms with van der Waals surface area (Å²) in [4.78, 5) is 0. The van der Waals surface area contributed by atoms with Crippen molar-refractivity contribution in [3.8, 4) is 0 Å². The van der Waals surface area contributed by atoms with E-state index in [1.807, 2.05) is 0 Å². The molecule has 0 spiro atoms. The second-order valence-corrected chi connectivity index (χ2v) is 11.4. The SMILES string of the molecule is C=C(/C=C1\C(C)CCC2C1CCC1CC(=C)C3=CCCC=C3NC12C)CC.CC(C)C.CN. The van der Waals surface area contributed by atoms with Crippen LogP contribution >= 0.6 is 0 Å². The zero-order chi connectivity index (χ0) is 24.8. The molecule has 0 amide bonds. The van der Waals surface area contributed by atoms with Gasteiger partial charge in [-0.05, 0) is 106 Å². The molecule has 1 aliphatic heterocycles. The maximum absolute atomic E-state index is 4.50. The van der Waals surface area contributed by atoms with Crippen LogP contribution in [0.1, 0.15) is 92.9 Å². The molecule has 1 heterocycles. The molecule has 1 saturated heterocycles. The number of hydrogen-bond acceptors (Lipinski definition) is 2. The molecule has 0 aromatic rings. The first-order chi connectivity index (χ1) is 15.7. The highest BCUT2D eigenvalue weighted by Gasteiger charge is 2.52. The Balaban J connectivity index is 0.000000582. The van der Waals surface area contributed by atoms with Crippen molar-refractivity contribution in [2.75, 3.05) is 7.05 Å². The highest BCUT2D eigenvalue weighted by Crippen LogP contribution is 2.55. The van der Waals surface area contributed by atoms with Gasteiger partial charge >= 0.3 is 0 Å². The van der Waals surface area contributed by atoms with E-state index in [1.165, 1.54) is 55.1 Å². The topological polar surface area (TPSA) is 38.0 Å². The third kappa shape index (κ3) is 6.32. The van der Waals surface area contributed by atoms with E-state index in [2.05, 4.69) is 84.0 Å². The van der Waals surface area contributed by atoms with Gasteiger partial charge in [0.1, 0.15) is 0 Å². The predicted molar refractivity (Wildman–Crippen MR) is 147 cm³/mol. The monoisotopic (exact) mass is 452 g/mol. The molecular weight excluding hydrogens is 400 g/mol. The smallest absolute Gasteiger partial charge is 0.0410 e. The lowest BCUT2D eigenvalue weighted by Gasteiger charge is -2.55. The minimum Gasteiger partial charge on any atom is -0.379 e. The first kappa shape index (κ1) is 27.7. The molecule has 3 fully saturated rings. The molecule has 3 N–H and O–H groups in total. The summed E-state index contributed by atoms with van der Waals surface area (Å²) >= 11 is 0. The van der Waals surface area contributed by atoms with Crippen molar-refractivity contribution in [2.24, 2.45) is 35.3 Å². The van der Waals surface area contributed by atoms with Crippen LogP contribution < -0.4 is 11.1 Å². The Morgan fingerprint density at radius 2 is 1.79 bits per heavy atom. The van der Waals surface area contributed by atoms with Crippen molar-refractivity contribution < 1.29 is 0 Å². The molecule has 0 aromatic heterocycles. The summed E-state index contributed by atoms with van der Waals surface area (Å²) in [5.74, 6) is 3.68. The van der Waals surface area contributed by atoms with Gasteiger partial charge in [0.25, 0.3) is 0 Å². The molecule has 2 saturated carbocycles. The van der Waals surface area contributed by atoms with Crippen LogP contribution in [0, 0.1) is 29.6 Å². The zero-order valence-corrected chi connectivity index (χ0v) is 22.8. The van der Waals surface area contributed by atoms with Gasteiger partial charge in [0, 0.05) is 11.2 Å². The number of rotatable bonds is 2. The van der Waals surface area contributed by atoms with Crippen LogP contribution in [0.3, 0.4) is 0 Å².